The zero-order valence-corrected chi connectivity index (χ0v) is 17.8. The SMILES string of the molecule is Brc1cnc2cccnc2c1.CC(C)(C)OC(=O)Nc1cnc2cccnc2c1. The Hall–Kier alpha value is -3.13. The summed E-state index contributed by atoms with van der Waals surface area (Å²) in [6.45, 7) is 5.44. The predicted octanol–water partition coefficient (Wildman–Crippen LogP) is 5.37. The minimum absolute atomic E-state index is 0.500. The number of nitrogens with one attached hydrogen (secondary N) is 1. The van der Waals surface area contributed by atoms with Gasteiger partial charge in [0, 0.05) is 23.1 Å². The Bertz CT molecular complexity index is 1140. The lowest BCUT2D eigenvalue weighted by atomic mass is 10.2. The van der Waals surface area contributed by atoms with E-state index in [1.165, 1.54) is 0 Å². The molecule has 0 radical (unpaired) electrons. The molecule has 4 aromatic rings. The normalized spacial score (nSPS) is 10.9. The number of carbonyl (C=O) groups excluding carboxylic acids is 1. The smallest absolute Gasteiger partial charge is 0.412 e. The third-order valence-electron chi connectivity index (χ3n) is 3.51. The molecule has 0 saturated carbocycles. The first-order valence-corrected chi connectivity index (χ1v) is 9.66. The van der Waals surface area contributed by atoms with Crippen molar-refractivity contribution >= 4 is 49.8 Å². The number of aromatic nitrogens is 4. The summed E-state index contributed by atoms with van der Waals surface area (Å²) in [4.78, 5) is 28.3. The topological polar surface area (TPSA) is 89.9 Å². The maximum atomic E-state index is 11.6. The summed E-state index contributed by atoms with van der Waals surface area (Å²) in [6.07, 6.45) is 6.29. The molecule has 0 saturated heterocycles. The van der Waals surface area contributed by atoms with E-state index in [0.29, 0.717) is 5.69 Å². The molecule has 0 aliphatic carbocycles. The summed E-state index contributed by atoms with van der Waals surface area (Å²) in [5.74, 6) is 0. The van der Waals surface area contributed by atoms with Gasteiger partial charge in [-0.05, 0) is 73.1 Å². The van der Waals surface area contributed by atoms with Crippen molar-refractivity contribution in [3.8, 4) is 0 Å². The third kappa shape index (κ3) is 6.18. The number of amides is 1. The average Bonchev–Trinajstić information content (AvgIpc) is 2.67. The highest BCUT2D eigenvalue weighted by Crippen LogP contribution is 2.16. The van der Waals surface area contributed by atoms with Crippen molar-refractivity contribution in [2.75, 3.05) is 5.32 Å². The van der Waals surface area contributed by atoms with Crippen molar-refractivity contribution in [3.63, 3.8) is 0 Å². The van der Waals surface area contributed by atoms with E-state index >= 15 is 0 Å². The minimum atomic E-state index is -0.521. The molecule has 0 aliphatic rings. The third-order valence-corrected chi connectivity index (χ3v) is 3.95. The van der Waals surface area contributed by atoms with Crippen molar-refractivity contribution in [3.05, 3.63) is 65.7 Å². The van der Waals surface area contributed by atoms with Gasteiger partial charge in [0.15, 0.2) is 0 Å². The Morgan fingerprint density at radius 3 is 2.10 bits per heavy atom. The largest absolute Gasteiger partial charge is 0.444 e. The number of anilines is 1. The second-order valence-electron chi connectivity index (χ2n) is 7.09. The molecule has 0 atom stereocenters. The van der Waals surface area contributed by atoms with Crippen LogP contribution in [-0.2, 0) is 4.74 Å². The number of halogens is 1. The first-order valence-electron chi connectivity index (χ1n) is 8.87. The van der Waals surface area contributed by atoms with Gasteiger partial charge in [0.25, 0.3) is 0 Å². The average molecular weight is 454 g/mol. The van der Waals surface area contributed by atoms with Crippen LogP contribution < -0.4 is 5.32 Å². The maximum Gasteiger partial charge on any atom is 0.412 e. The number of carbonyl (C=O) groups is 1. The second kappa shape index (κ2) is 8.91. The molecule has 0 aliphatic heterocycles. The molecule has 4 aromatic heterocycles. The van der Waals surface area contributed by atoms with E-state index in [2.05, 4.69) is 41.2 Å². The van der Waals surface area contributed by atoms with Crippen LogP contribution in [0.1, 0.15) is 20.8 Å². The van der Waals surface area contributed by atoms with Gasteiger partial charge in [-0.3, -0.25) is 25.3 Å². The van der Waals surface area contributed by atoms with E-state index in [1.54, 1.807) is 30.9 Å². The molecule has 0 fully saturated rings. The molecule has 4 heterocycles. The van der Waals surface area contributed by atoms with Gasteiger partial charge in [0.05, 0.1) is 34.0 Å². The van der Waals surface area contributed by atoms with Crippen molar-refractivity contribution in [1.82, 2.24) is 19.9 Å². The highest BCUT2D eigenvalue weighted by molar-refractivity contribution is 9.10. The zero-order valence-electron chi connectivity index (χ0n) is 16.3. The highest BCUT2D eigenvalue weighted by atomic mass is 79.9. The van der Waals surface area contributed by atoms with E-state index < -0.39 is 11.7 Å². The van der Waals surface area contributed by atoms with E-state index in [4.69, 9.17) is 4.74 Å². The monoisotopic (exact) mass is 453 g/mol. The van der Waals surface area contributed by atoms with Gasteiger partial charge in [-0.15, -0.1) is 0 Å². The number of rotatable bonds is 1. The Morgan fingerprint density at radius 2 is 1.48 bits per heavy atom. The van der Waals surface area contributed by atoms with Crippen LogP contribution in [0.25, 0.3) is 22.1 Å². The molecule has 1 amide bonds. The quantitative estimate of drug-likeness (QED) is 0.416. The van der Waals surface area contributed by atoms with E-state index in [-0.39, 0.29) is 0 Å². The fraction of sp³-hybridized carbons (Fsp3) is 0.190. The van der Waals surface area contributed by atoms with Gasteiger partial charge in [-0.1, -0.05) is 0 Å². The lowest BCUT2D eigenvalue weighted by Gasteiger charge is -2.19. The molecule has 148 valence electrons. The van der Waals surface area contributed by atoms with E-state index in [0.717, 1.165) is 26.5 Å². The lowest BCUT2D eigenvalue weighted by molar-refractivity contribution is 0.0636. The summed E-state index contributed by atoms with van der Waals surface area (Å²) in [7, 11) is 0. The van der Waals surface area contributed by atoms with Crippen LogP contribution in [0.3, 0.4) is 0 Å². The first-order chi connectivity index (χ1) is 13.8. The van der Waals surface area contributed by atoms with Crippen LogP contribution in [0.5, 0.6) is 0 Å². The van der Waals surface area contributed by atoms with Crippen molar-refractivity contribution in [2.24, 2.45) is 0 Å². The zero-order chi connectivity index (χ0) is 20.9. The summed E-state index contributed by atoms with van der Waals surface area (Å²) >= 11 is 3.33. The molecule has 1 N–H and O–H groups in total. The molecule has 4 rings (SSSR count). The molecule has 8 heteroatoms. The Morgan fingerprint density at radius 1 is 0.897 bits per heavy atom. The number of hydrogen-bond donors (Lipinski definition) is 1. The van der Waals surface area contributed by atoms with Crippen LogP contribution >= 0.6 is 15.9 Å². The standard InChI is InChI=1S/C13H15N3O2.C8H5BrN2/c1-13(2,3)18-12(17)16-9-7-11-10(15-8-9)5-4-6-14-11;9-6-4-8-7(11-5-6)2-1-3-10-8/h4-8H,1-3H3,(H,16,17);1-5H. The molecule has 0 spiro atoms. The van der Waals surface area contributed by atoms with Gasteiger partial charge >= 0.3 is 6.09 Å². The fourth-order valence-corrected chi connectivity index (χ4v) is 2.69. The first kappa shape index (κ1) is 20.6. The van der Waals surface area contributed by atoms with E-state index in [9.17, 15) is 4.79 Å². The number of nitrogens with zero attached hydrogens (tertiary/aromatic N) is 4. The Kier molecular flexibility index (Phi) is 6.33. The van der Waals surface area contributed by atoms with Crippen LogP contribution in [0.4, 0.5) is 10.5 Å². The molecular formula is C21H20BrN5O2. The summed E-state index contributed by atoms with van der Waals surface area (Å²) < 4.78 is 6.12. The van der Waals surface area contributed by atoms with Gasteiger partial charge < -0.3 is 4.74 Å². The molecule has 29 heavy (non-hydrogen) atoms. The Balaban J connectivity index is 0.000000186. The summed E-state index contributed by atoms with van der Waals surface area (Å²) in [5.41, 5.74) is 3.40. The van der Waals surface area contributed by atoms with Crippen LogP contribution in [0.15, 0.2) is 65.7 Å². The van der Waals surface area contributed by atoms with Crippen LogP contribution in [0, 0.1) is 0 Å². The van der Waals surface area contributed by atoms with Gasteiger partial charge in [-0.2, -0.15) is 0 Å². The van der Waals surface area contributed by atoms with Crippen molar-refractivity contribution in [1.29, 1.82) is 0 Å². The minimum Gasteiger partial charge on any atom is -0.444 e. The number of fused-ring (bicyclic) bond motifs is 2. The van der Waals surface area contributed by atoms with Gasteiger partial charge in [0.1, 0.15) is 5.60 Å². The van der Waals surface area contributed by atoms with E-state index in [1.807, 2.05) is 51.1 Å². The summed E-state index contributed by atoms with van der Waals surface area (Å²) in [5, 5.41) is 2.63. The number of pyridine rings is 4. The molecule has 7 nitrogen and oxygen atoms in total. The van der Waals surface area contributed by atoms with Gasteiger partial charge in [0.2, 0.25) is 0 Å². The number of ether oxygens (including phenoxy) is 1. The highest BCUT2D eigenvalue weighted by Gasteiger charge is 2.16. The molecular weight excluding hydrogens is 434 g/mol. The number of hydrogen-bond acceptors (Lipinski definition) is 6. The maximum absolute atomic E-state index is 11.6. The van der Waals surface area contributed by atoms with Crippen molar-refractivity contribution < 1.29 is 9.53 Å². The molecule has 0 bridgehead atoms. The predicted molar refractivity (Wildman–Crippen MR) is 117 cm³/mol. The fourth-order valence-electron chi connectivity index (χ4n) is 2.37. The van der Waals surface area contributed by atoms with Crippen molar-refractivity contribution in [2.45, 2.75) is 26.4 Å². The lowest BCUT2D eigenvalue weighted by Crippen LogP contribution is -2.27. The second-order valence-corrected chi connectivity index (χ2v) is 8.00. The van der Waals surface area contributed by atoms with Crippen LogP contribution in [0.2, 0.25) is 0 Å². The molecule has 0 unspecified atom stereocenters. The summed E-state index contributed by atoms with van der Waals surface area (Å²) in [6, 6.07) is 11.2. The molecule has 0 aromatic carbocycles. The van der Waals surface area contributed by atoms with Gasteiger partial charge in [-0.25, -0.2) is 4.79 Å². The Labute approximate surface area is 176 Å². The van der Waals surface area contributed by atoms with Crippen LogP contribution in [-0.4, -0.2) is 31.6 Å².